The summed E-state index contributed by atoms with van der Waals surface area (Å²) in [7, 11) is 0. The van der Waals surface area contributed by atoms with Gasteiger partial charge in [0.25, 0.3) is 0 Å². The summed E-state index contributed by atoms with van der Waals surface area (Å²) in [6, 6.07) is 0. The van der Waals surface area contributed by atoms with Gasteiger partial charge in [-0.05, 0) is 25.7 Å². The summed E-state index contributed by atoms with van der Waals surface area (Å²) < 4.78 is 11.8. The molecule has 0 aromatic heterocycles. The summed E-state index contributed by atoms with van der Waals surface area (Å²) in [6.45, 7) is 8.32. The summed E-state index contributed by atoms with van der Waals surface area (Å²) in [5.41, 5.74) is 0.378. The molecule has 94 valence electrons. The Morgan fingerprint density at radius 2 is 1.50 bits per heavy atom. The second kappa shape index (κ2) is 4.51. The monoisotopic (exact) mass is 244 g/mol. The highest BCUT2D eigenvalue weighted by atomic mass is 32.1. The van der Waals surface area contributed by atoms with Crippen molar-refractivity contribution in [2.75, 3.05) is 13.2 Å². The molecule has 0 bridgehead atoms. The molecule has 1 heterocycles. The molecule has 2 rings (SSSR count). The van der Waals surface area contributed by atoms with Gasteiger partial charge in [-0.2, -0.15) is 12.6 Å². The first-order valence-electron chi connectivity index (χ1n) is 6.33. The van der Waals surface area contributed by atoms with Crippen LogP contribution in [0.25, 0.3) is 0 Å². The number of hydrogen-bond acceptors (Lipinski definition) is 3. The molecule has 0 spiro atoms. The van der Waals surface area contributed by atoms with Gasteiger partial charge in [-0.3, -0.25) is 0 Å². The minimum absolute atomic E-state index is 0.00126. The number of rotatable bonds is 1. The van der Waals surface area contributed by atoms with Crippen LogP contribution in [-0.2, 0) is 9.47 Å². The summed E-state index contributed by atoms with van der Waals surface area (Å²) in [6.07, 6.45) is 4.72. The minimum Gasteiger partial charge on any atom is -0.351 e. The molecule has 0 atom stereocenters. The van der Waals surface area contributed by atoms with Crippen LogP contribution in [0.5, 0.6) is 0 Å². The van der Waals surface area contributed by atoms with Gasteiger partial charge in [0.2, 0.25) is 0 Å². The number of ether oxygens (including phenoxy) is 2. The fourth-order valence-corrected chi connectivity index (χ4v) is 2.85. The van der Waals surface area contributed by atoms with E-state index in [0.29, 0.717) is 5.25 Å². The van der Waals surface area contributed by atoms with E-state index in [1.54, 1.807) is 0 Å². The van der Waals surface area contributed by atoms with Gasteiger partial charge >= 0.3 is 0 Å². The summed E-state index contributed by atoms with van der Waals surface area (Å²) in [5.74, 6) is 0. The summed E-state index contributed by atoms with van der Waals surface area (Å²) in [4.78, 5) is 0. The van der Waals surface area contributed by atoms with E-state index in [4.69, 9.17) is 9.47 Å². The van der Waals surface area contributed by atoms with E-state index in [0.717, 1.165) is 13.2 Å². The van der Waals surface area contributed by atoms with Crippen molar-refractivity contribution in [3.05, 3.63) is 0 Å². The molecule has 0 amide bonds. The first-order valence-corrected chi connectivity index (χ1v) is 6.84. The molecule has 0 radical (unpaired) electrons. The van der Waals surface area contributed by atoms with Gasteiger partial charge in [0.15, 0.2) is 6.29 Å². The predicted octanol–water partition coefficient (Wildman–Crippen LogP) is 3.26. The Hall–Kier alpha value is 0.270. The Morgan fingerprint density at radius 3 is 2.00 bits per heavy atom. The van der Waals surface area contributed by atoms with Crippen molar-refractivity contribution in [2.24, 2.45) is 10.8 Å². The van der Waals surface area contributed by atoms with Crippen LogP contribution in [0, 0.1) is 10.8 Å². The van der Waals surface area contributed by atoms with Crippen LogP contribution in [-0.4, -0.2) is 24.8 Å². The van der Waals surface area contributed by atoms with Crippen LogP contribution in [0.4, 0.5) is 0 Å². The fourth-order valence-electron chi connectivity index (χ4n) is 2.59. The van der Waals surface area contributed by atoms with Crippen LogP contribution in [0.2, 0.25) is 0 Å². The zero-order chi connectivity index (χ0) is 11.8. The normalized spacial score (nSPS) is 40.9. The summed E-state index contributed by atoms with van der Waals surface area (Å²) >= 11 is 4.55. The first-order chi connectivity index (χ1) is 7.41. The zero-order valence-corrected chi connectivity index (χ0v) is 11.6. The van der Waals surface area contributed by atoms with Crippen molar-refractivity contribution >= 4 is 12.6 Å². The second-order valence-corrected chi connectivity index (χ2v) is 7.23. The lowest BCUT2D eigenvalue weighted by Gasteiger charge is -2.46. The van der Waals surface area contributed by atoms with E-state index >= 15 is 0 Å². The van der Waals surface area contributed by atoms with E-state index in [1.165, 1.54) is 25.7 Å². The van der Waals surface area contributed by atoms with Gasteiger partial charge in [-0.15, -0.1) is 0 Å². The summed E-state index contributed by atoms with van der Waals surface area (Å²) in [5, 5.41) is 0.577. The third kappa shape index (κ3) is 2.74. The highest BCUT2D eigenvalue weighted by molar-refractivity contribution is 7.80. The highest BCUT2D eigenvalue weighted by Crippen LogP contribution is 2.44. The standard InChI is InChI=1S/C13H24O2S/c1-12(2)8-14-11(15-9-12)13(3)6-4-10(16)5-7-13/h10-11,16H,4-9H2,1-3H3. The molecule has 0 aromatic carbocycles. The number of thiol groups is 1. The molecule has 0 aromatic rings. The van der Waals surface area contributed by atoms with Crippen molar-refractivity contribution in [2.45, 2.75) is 58.0 Å². The quantitative estimate of drug-likeness (QED) is 0.714. The van der Waals surface area contributed by atoms with Crippen molar-refractivity contribution in [1.82, 2.24) is 0 Å². The Labute approximate surface area is 104 Å². The predicted molar refractivity (Wildman–Crippen MR) is 68.8 cm³/mol. The van der Waals surface area contributed by atoms with Crippen LogP contribution < -0.4 is 0 Å². The second-order valence-electron chi connectivity index (χ2n) is 6.50. The Balaban J connectivity index is 1.93. The highest BCUT2D eigenvalue weighted by Gasteiger charge is 2.42. The van der Waals surface area contributed by atoms with E-state index < -0.39 is 0 Å². The van der Waals surface area contributed by atoms with Gasteiger partial charge < -0.3 is 9.47 Å². The Kier molecular flexibility index (Phi) is 3.58. The minimum atomic E-state index is 0.00126. The molecule has 2 nitrogen and oxygen atoms in total. The maximum atomic E-state index is 5.92. The van der Waals surface area contributed by atoms with Crippen molar-refractivity contribution in [3.63, 3.8) is 0 Å². The maximum absolute atomic E-state index is 5.92. The Bertz CT molecular complexity index is 234. The van der Waals surface area contributed by atoms with Crippen LogP contribution in [0.1, 0.15) is 46.5 Å². The number of hydrogen-bond donors (Lipinski definition) is 1. The molecular formula is C13H24O2S. The van der Waals surface area contributed by atoms with Crippen LogP contribution in [0.3, 0.4) is 0 Å². The molecular weight excluding hydrogens is 220 g/mol. The third-order valence-corrected chi connectivity index (χ3v) is 4.43. The van der Waals surface area contributed by atoms with Gasteiger partial charge in [0.1, 0.15) is 0 Å². The molecule has 0 unspecified atom stereocenters. The molecule has 2 aliphatic rings. The van der Waals surface area contributed by atoms with Gasteiger partial charge in [0.05, 0.1) is 13.2 Å². The van der Waals surface area contributed by atoms with E-state index in [2.05, 4.69) is 33.4 Å². The average molecular weight is 244 g/mol. The topological polar surface area (TPSA) is 18.5 Å². The molecule has 1 aliphatic heterocycles. The smallest absolute Gasteiger partial charge is 0.162 e. The van der Waals surface area contributed by atoms with Crippen LogP contribution in [0.15, 0.2) is 0 Å². The lowest BCUT2D eigenvalue weighted by atomic mass is 9.74. The lowest BCUT2D eigenvalue weighted by molar-refractivity contribution is -0.271. The van der Waals surface area contributed by atoms with Crippen molar-refractivity contribution in [1.29, 1.82) is 0 Å². The lowest BCUT2D eigenvalue weighted by Crippen LogP contribution is -2.47. The largest absolute Gasteiger partial charge is 0.351 e. The molecule has 1 aliphatic carbocycles. The average Bonchev–Trinajstić information content (AvgIpc) is 2.22. The fraction of sp³-hybridized carbons (Fsp3) is 1.00. The Morgan fingerprint density at radius 1 is 1.00 bits per heavy atom. The van der Waals surface area contributed by atoms with E-state index in [9.17, 15) is 0 Å². The molecule has 3 heteroatoms. The third-order valence-electron chi connectivity index (χ3n) is 3.92. The van der Waals surface area contributed by atoms with Crippen molar-refractivity contribution in [3.8, 4) is 0 Å². The molecule has 1 saturated heterocycles. The van der Waals surface area contributed by atoms with Crippen LogP contribution >= 0.6 is 12.6 Å². The molecule has 2 fully saturated rings. The maximum Gasteiger partial charge on any atom is 0.162 e. The molecule has 1 saturated carbocycles. The van der Waals surface area contributed by atoms with E-state index in [-0.39, 0.29) is 17.1 Å². The first kappa shape index (κ1) is 12.7. The van der Waals surface area contributed by atoms with E-state index in [1.807, 2.05) is 0 Å². The SMILES string of the molecule is CC1(C)COC(C2(C)CCC(S)CC2)OC1. The van der Waals surface area contributed by atoms with Gasteiger partial charge in [-0.25, -0.2) is 0 Å². The van der Waals surface area contributed by atoms with Gasteiger partial charge in [-0.1, -0.05) is 20.8 Å². The molecule has 16 heavy (non-hydrogen) atoms. The zero-order valence-electron chi connectivity index (χ0n) is 10.7. The molecule has 0 N–H and O–H groups in total. The van der Waals surface area contributed by atoms with Crippen molar-refractivity contribution < 1.29 is 9.47 Å². The van der Waals surface area contributed by atoms with Gasteiger partial charge in [0, 0.05) is 16.1 Å².